The number of anilines is 1. The highest BCUT2D eigenvalue weighted by Crippen LogP contribution is 2.25. The minimum atomic E-state index is -0.649. The fourth-order valence-electron chi connectivity index (χ4n) is 2.41. The van der Waals surface area contributed by atoms with Crippen molar-refractivity contribution in [3.8, 4) is 0 Å². The SMILES string of the molecule is CCOC(=O)C(/C=N/Nc1ccc(Cl)nn1)c1c[nH]c2ccccc12. The molecule has 0 aliphatic rings. The summed E-state index contributed by atoms with van der Waals surface area (Å²) in [5.74, 6) is -0.606. The van der Waals surface area contributed by atoms with Crippen LogP contribution in [0.4, 0.5) is 5.82 Å². The third-order valence-electron chi connectivity index (χ3n) is 3.53. The topological polar surface area (TPSA) is 92.3 Å². The molecule has 0 radical (unpaired) electrons. The average Bonchev–Trinajstić information content (AvgIpc) is 3.04. The molecule has 0 aliphatic carbocycles. The van der Waals surface area contributed by atoms with Crippen molar-refractivity contribution in [3.63, 3.8) is 0 Å². The maximum Gasteiger partial charge on any atom is 0.319 e. The van der Waals surface area contributed by atoms with Gasteiger partial charge >= 0.3 is 5.97 Å². The number of hydrazone groups is 1. The van der Waals surface area contributed by atoms with E-state index in [0.717, 1.165) is 16.5 Å². The highest BCUT2D eigenvalue weighted by Gasteiger charge is 2.23. The number of H-pyrrole nitrogens is 1. The van der Waals surface area contributed by atoms with Gasteiger partial charge in [0.15, 0.2) is 11.0 Å². The fourth-order valence-corrected chi connectivity index (χ4v) is 2.51. The van der Waals surface area contributed by atoms with E-state index in [9.17, 15) is 4.79 Å². The molecule has 0 saturated carbocycles. The number of fused-ring (bicyclic) bond motifs is 1. The summed E-state index contributed by atoms with van der Waals surface area (Å²) in [7, 11) is 0. The summed E-state index contributed by atoms with van der Waals surface area (Å²) in [6.45, 7) is 2.06. The van der Waals surface area contributed by atoms with E-state index in [2.05, 4.69) is 25.7 Å². The van der Waals surface area contributed by atoms with Gasteiger partial charge in [-0.15, -0.1) is 10.2 Å². The van der Waals surface area contributed by atoms with Gasteiger partial charge in [0.1, 0.15) is 5.92 Å². The van der Waals surface area contributed by atoms with Crippen LogP contribution < -0.4 is 5.43 Å². The molecule has 0 bridgehead atoms. The maximum atomic E-state index is 12.4. The molecule has 1 unspecified atom stereocenters. The van der Waals surface area contributed by atoms with Crippen LogP contribution in [0.15, 0.2) is 47.7 Å². The second-order valence-corrected chi connectivity index (χ2v) is 5.54. The standard InChI is InChI=1S/C17H16ClN5O2/c1-2-25-17(24)13(10-20-22-16-8-7-15(18)21-23-16)12-9-19-14-6-4-3-5-11(12)14/h3-10,13,19H,2H2,1H3,(H,22,23)/b20-10+. The number of carbonyl (C=O) groups is 1. The second-order valence-electron chi connectivity index (χ2n) is 5.15. The Hall–Kier alpha value is -2.93. The normalized spacial score (nSPS) is 12.4. The Balaban J connectivity index is 1.85. The lowest BCUT2D eigenvalue weighted by Gasteiger charge is -2.10. The van der Waals surface area contributed by atoms with Crippen LogP contribution in [0.25, 0.3) is 10.9 Å². The van der Waals surface area contributed by atoms with E-state index in [1.165, 1.54) is 6.21 Å². The van der Waals surface area contributed by atoms with Crippen LogP contribution in [0, 0.1) is 0 Å². The van der Waals surface area contributed by atoms with Gasteiger partial charge in [0.25, 0.3) is 0 Å². The summed E-state index contributed by atoms with van der Waals surface area (Å²) in [5, 5.41) is 12.9. The molecule has 7 nitrogen and oxygen atoms in total. The summed E-state index contributed by atoms with van der Waals surface area (Å²) in [4.78, 5) is 15.5. The van der Waals surface area contributed by atoms with Gasteiger partial charge in [-0.2, -0.15) is 5.10 Å². The van der Waals surface area contributed by atoms with Crippen LogP contribution in [0.3, 0.4) is 0 Å². The molecule has 3 rings (SSSR count). The smallest absolute Gasteiger partial charge is 0.319 e. The van der Waals surface area contributed by atoms with Crippen molar-refractivity contribution in [1.82, 2.24) is 15.2 Å². The Kier molecular flexibility index (Phi) is 5.25. The summed E-state index contributed by atoms with van der Waals surface area (Å²) in [6, 6.07) is 11.0. The number of carbonyl (C=O) groups excluding carboxylic acids is 1. The van der Waals surface area contributed by atoms with Crippen LogP contribution in [0.2, 0.25) is 5.15 Å². The number of rotatable bonds is 6. The molecule has 0 aliphatic heterocycles. The van der Waals surface area contributed by atoms with Crippen LogP contribution in [-0.2, 0) is 9.53 Å². The van der Waals surface area contributed by atoms with Gasteiger partial charge in [0, 0.05) is 23.3 Å². The molecule has 1 aromatic carbocycles. The Morgan fingerprint density at radius 1 is 1.36 bits per heavy atom. The Morgan fingerprint density at radius 3 is 2.96 bits per heavy atom. The Labute approximate surface area is 149 Å². The number of nitrogens with one attached hydrogen (secondary N) is 2. The summed E-state index contributed by atoms with van der Waals surface area (Å²) < 4.78 is 5.18. The largest absolute Gasteiger partial charge is 0.465 e. The Morgan fingerprint density at radius 2 is 2.20 bits per heavy atom. The number of aromatic nitrogens is 3. The van der Waals surface area contributed by atoms with Gasteiger partial charge in [-0.1, -0.05) is 29.8 Å². The monoisotopic (exact) mass is 357 g/mol. The number of halogens is 1. The molecule has 25 heavy (non-hydrogen) atoms. The maximum absolute atomic E-state index is 12.4. The molecule has 128 valence electrons. The van der Waals surface area contributed by atoms with Gasteiger partial charge in [-0.3, -0.25) is 10.2 Å². The number of benzene rings is 1. The highest BCUT2D eigenvalue weighted by molar-refractivity contribution is 6.29. The third kappa shape index (κ3) is 3.95. The van der Waals surface area contributed by atoms with E-state index in [4.69, 9.17) is 16.3 Å². The first-order chi connectivity index (χ1) is 12.2. The van der Waals surface area contributed by atoms with Gasteiger partial charge in [0.05, 0.1) is 6.61 Å². The van der Waals surface area contributed by atoms with Crippen LogP contribution in [0.5, 0.6) is 0 Å². The van der Waals surface area contributed by atoms with Crippen molar-refractivity contribution in [1.29, 1.82) is 0 Å². The predicted molar refractivity (Wildman–Crippen MR) is 96.8 cm³/mol. The van der Waals surface area contributed by atoms with Gasteiger partial charge in [-0.25, -0.2) is 0 Å². The number of ether oxygens (including phenoxy) is 1. The first-order valence-corrected chi connectivity index (χ1v) is 8.08. The van der Waals surface area contributed by atoms with Crippen molar-refractivity contribution in [2.45, 2.75) is 12.8 Å². The van der Waals surface area contributed by atoms with Crippen molar-refractivity contribution >= 4 is 40.5 Å². The van der Waals surface area contributed by atoms with Crippen molar-refractivity contribution in [3.05, 3.63) is 53.3 Å². The molecule has 0 amide bonds. The first-order valence-electron chi connectivity index (χ1n) is 7.70. The molecule has 2 aromatic heterocycles. The molecule has 1 atom stereocenters. The molecular formula is C17H16ClN5O2. The second kappa shape index (κ2) is 7.76. The van der Waals surface area contributed by atoms with E-state index in [0.29, 0.717) is 12.4 Å². The molecular weight excluding hydrogens is 342 g/mol. The van der Waals surface area contributed by atoms with Crippen molar-refractivity contribution in [2.24, 2.45) is 5.10 Å². The number of hydrogen-bond acceptors (Lipinski definition) is 6. The molecule has 0 fully saturated rings. The van der Waals surface area contributed by atoms with Crippen molar-refractivity contribution < 1.29 is 9.53 Å². The summed E-state index contributed by atoms with van der Waals surface area (Å²) in [5.41, 5.74) is 4.46. The Bertz CT molecular complexity index is 891. The highest BCUT2D eigenvalue weighted by atomic mass is 35.5. The molecule has 8 heteroatoms. The molecule has 3 aromatic rings. The number of esters is 1. The average molecular weight is 358 g/mol. The molecule has 0 saturated heterocycles. The number of para-hydroxylation sites is 1. The third-order valence-corrected chi connectivity index (χ3v) is 3.73. The van der Waals surface area contributed by atoms with Crippen LogP contribution >= 0.6 is 11.6 Å². The lowest BCUT2D eigenvalue weighted by molar-refractivity contribution is -0.143. The lowest BCUT2D eigenvalue weighted by atomic mass is 10.00. The zero-order chi connectivity index (χ0) is 17.6. The fraction of sp³-hybridized carbons (Fsp3) is 0.176. The minimum absolute atomic E-state index is 0.290. The van der Waals surface area contributed by atoms with Crippen LogP contribution in [-0.4, -0.2) is 34.0 Å². The van der Waals surface area contributed by atoms with E-state index in [-0.39, 0.29) is 11.1 Å². The lowest BCUT2D eigenvalue weighted by Crippen LogP contribution is -2.17. The number of aromatic amines is 1. The summed E-state index contributed by atoms with van der Waals surface area (Å²) >= 11 is 5.69. The number of nitrogens with zero attached hydrogens (tertiary/aromatic N) is 3. The quantitative estimate of drug-likeness (QED) is 0.401. The first kappa shape index (κ1) is 16.9. The van der Waals surface area contributed by atoms with E-state index in [1.54, 1.807) is 25.3 Å². The molecule has 2 N–H and O–H groups in total. The zero-order valence-electron chi connectivity index (χ0n) is 13.4. The van der Waals surface area contributed by atoms with Crippen LogP contribution in [0.1, 0.15) is 18.4 Å². The molecule has 0 spiro atoms. The number of hydrogen-bond donors (Lipinski definition) is 2. The van der Waals surface area contributed by atoms with E-state index < -0.39 is 5.92 Å². The van der Waals surface area contributed by atoms with Gasteiger partial charge < -0.3 is 9.72 Å². The zero-order valence-corrected chi connectivity index (χ0v) is 14.2. The predicted octanol–water partition coefficient (Wildman–Crippen LogP) is 3.36. The van der Waals surface area contributed by atoms with Crippen molar-refractivity contribution in [2.75, 3.05) is 12.0 Å². The van der Waals surface area contributed by atoms with Gasteiger partial charge in [-0.05, 0) is 30.7 Å². The minimum Gasteiger partial charge on any atom is -0.465 e. The van der Waals surface area contributed by atoms with E-state index >= 15 is 0 Å². The van der Waals surface area contributed by atoms with Gasteiger partial charge in [0.2, 0.25) is 0 Å². The molecule has 2 heterocycles. The van der Waals surface area contributed by atoms with E-state index in [1.807, 2.05) is 24.3 Å². The summed E-state index contributed by atoms with van der Waals surface area (Å²) in [6.07, 6.45) is 3.28.